The SMILES string of the molecule is C/C(=C(\C#N)C(=O)O)c1ccsc1. The molecule has 0 radical (unpaired) electrons. The third-order valence-corrected chi connectivity index (χ3v) is 2.34. The zero-order chi connectivity index (χ0) is 9.84. The number of aliphatic carboxylic acids is 1. The van der Waals surface area contributed by atoms with Crippen LogP contribution in [0.4, 0.5) is 0 Å². The monoisotopic (exact) mass is 193 g/mol. The van der Waals surface area contributed by atoms with E-state index in [0.717, 1.165) is 5.56 Å². The summed E-state index contributed by atoms with van der Waals surface area (Å²) in [7, 11) is 0. The highest BCUT2D eigenvalue weighted by Gasteiger charge is 2.11. The molecular weight excluding hydrogens is 186 g/mol. The van der Waals surface area contributed by atoms with Gasteiger partial charge in [0.15, 0.2) is 0 Å². The van der Waals surface area contributed by atoms with Gasteiger partial charge in [0.1, 0.15) is 11.6 Å². The Hall–Kier alpha value is -1.60. The van der Waals surface area contributed by atoms with Crippen LogP contribution in [0.1, 0.15) is 12.5 Å². The first-order chi connectivity index (χ1) is 6.16. The summed E-state index contributed by atoms with van der Waals surface area (Å²) in [5.41, 5.74) is 1.11. The molecule has 3 nitrogen and oxygen atoms in total. The number of carboxylic acid groups (broad SMARTS) is 1. The number of hydrogen-bond acceptors (Lipinski definition) is 3. The maximum absolute atomic E-state index is 10.6. The quantitative estimate of drug-likeness (QED) is 0.578. The van der Waals surface area contributed by atoms with Gasteiger partial charge < -0.3 is 5.11 Å². The Morgan fingerprint density at radius 2 is 2.38 bits per heavy atom. The molecule has 0 saturated heterocycles. The van der Waals surface area contributed by atoms with Crippen molar-refractivity contribution in [2.24, 2.45) is 0 Å². The average Bonchev–Trinajstić information content (AvgIpc) is 2.56. The van der Waals surface area contributed by atoms with Crippen LogP contribution in [0.15, 0.2) is 22.4 Å². The van der Waals surface area contributed by atoms with Gasteiger partial charge in [-0.3, -0.25) is 0 Å². The van der Waals surface area contributed by atoms with Gasteiger partial charge in [0.05, 0.1) is 0 Å². The van der Waals surface area contributed by atoms with Crippen molar-refractivity contribution in [1.29, 1.82) is 5.26 Å². The van der Waals surface area contributed by atoms with Crippen molar-refractivity contribution >= 4 is 22.9 Å². The largest absolute Gasteiger partial charge is 0.477 e. The third-order valence-electron chi connectivity index (χ3n) is 1.65. The fraction of sp³-hybridized carbons (Fsp3) is 0.111. The highest BCUT2D eigenvalue weighted by atomic mass is 32.1. The minimum atomic E-state index is -1.17. The van der Waals surface area contributed by atoms with E-state index in [9.17, 15) is 4.79 Å². The van der Waals surface area contributed by atoms with E-state index in [1.54, 1.807) is 19.1 Å². The van der Waals surface area contributed by atoms with Crippen molar-refractivity contribution in [3.63, 3.8) is 0 Å². The number of carboxylic acids is 1. The van der Waals surface area contributed by atoms with Gasteiger partial charge in [0.25, 0.3) is 0 Å². The highest BCUT2D eigenvalue weighted by Crippen LogP contribution is 2.20. The van der Waals surface area contributed by atoms with E-state index in [0.29, 0.717) is 5.57 Å². The molecule has 1 heterocycles. The Balaban J connectivity index is 3.19. The summed E-state index contributed by atoms with van der Waals surface area (Å²) in [5, 5.41) is 20.9. The van der Waals surface area contributed by atoms with Crippen LogP contribution < -0.4 is 0 Å². The summed E-state index contributed by atoms with van der Waals surface area (Å²) < 4.78 is 0. The molecule has 1 aromatic heterocycles. The first-order valence-electron chi connectivity index (χ1n) is 3.53. The summed E-state index contributed by atoms with van der Waals surface area (Å²) >= 11 is 1.47. The lowest BCUT2D eigenvalue weighted by Crippen LogP contribution is -2.00. The van der Waals surface area contributed by atoms with Gasteiger partial charge in [-0.05, 0) is 34.9 Å². The molecule has 1 aromatic rings. The highest BCUT2D eigenvalue weighted by molar-refractivity contribution is 7.08. The summed E-state index contributed by atoms with van der Waals surface area (Å²) in [6.07, 6.45) is 0. The molecule has 0 aliphatic carbocycles. The van der Waals surface area contributed by atoms with Crippen LogP contribution in [0.5, 0.6) is 0 Å². The van der Waals surface area contributed by atoms with Crippen LogP contribution in [0, 0.1) is 11.3 Å². The standard InChI is InChI=1S/C9H7NO2S/c1-6(7-2-3-13-5-7)8(4-10)9(11)12/h2-3,5H,1H3,(H,11,12)/b8-6-. The Labute approximate surface area is 79.6 Å². The lowest BCUT2D eigenvalue weighted by atomic mass is 10.1. The Morgan fingerprint density at radius 3 is 2.77 bits per heavy atom. The fourth-order valence-electron chi connectivity index (χ4n) is 0.914. The summed E-state index contributed by atoms with van der Waals surface area (Å²) in [6, 6.07) is 3.47. The third kappa shape index (κ3) is 1.95. The number of allylic oxidation sites excluding steroid dienone is 1. The van der Waals surface area contributed by atoms with Crippen molar-refractivity contribution in [3.8, 4) is 6.07 Å². The molecule has 0 spiro atoms. The minimum Gasteiger partial charge on any atom is -0.477 e. The number of thiophene rings is 1. The van der Waals surface area contributed by atoms with E-state index in [4.69, 9.17) is 10.4 Å². The van der Waals surface area contributed by atoms with Crippen LogP contribution in [0.2, 0.25) is 0 Å². The molecule has 0 fully saturated rings. The predicted octanol–water partition coefficient (Wildman–Crippen LogP) is 2.13. The van der Waals surface area contributed by atoms with Crippen LogP contribution in [-0.2, 0) is 4.79 Å². The molecule has 0 amide bonds. The van der Waals surface area contributed by atoms with E-state index in [1.165, 1.54) is 11.3 Å². The summed E-state index contributed by atoms with van der Waals surface area (Å²) in [5.74, 6) is -1.17. The summed E-state index contributed by atoms with van der Waals surface area (Å²) in [4.78, 5) is 10.6. The van der Waals surface area contributed by atoms with E-state index < -0.39 is 5.97 Å². The van der Waals surface area contributed by atoms with Gasteiger partial charge in [0.2, 0.25) is 0 Å². The first-order valence-corrected chi connectivity index (χ1v) is 4.48. The smallest absolute Gasteiger partial charge is 0.346 e. The van der Waals surface area contributed by atoms with Gasteiger partial charge in [0, 0.05) is 0 Å². The molecule has 0 aromatic carbocycles. The number of hydrogen-bond donors (Lipinski definition) is 1. The zero-order valence-electron chi connectivity index (χ0n) is 6.94. The average molecular weight is 193 g/mol. The molecule has 66 valence electrons. The molecule has 0 atom stereocenters. The van der Waals surface area contributed by atoms with E-state index in [2.05, 4.69) is 0 Å². The lowest BCUT2D eigenvalue weighted by Gasteiger charge is -1.97. The molecule has 1 N–H and O–H groups in total. The second kappa shape index (κ2) is 3.87. The Bertz CT molecular complexity index is 384. The van der Waals surface area contributed by atoms with Crippen LogP contribution in [0.3, 0.4) is 0 Å². The van der Waals surface area contributed by atoms with Crippen molar-refractivity contribution in [3.05, 3.63) is 28.0 Å². The molecule has 0 unspecified atom stereocenters. The van der Waals surface area contributed by atoms with E-state index in [-0.39, 0.29) is 5.57 Å². The van der Waals surface area contributed by atoms with Crippen LogP contribution >= 0.6 is 11.3 Å². The number of rotatable bonds is 2. The first kappa shape index (κ1) is 9.49. The molecule has 0 saturated carbocycles. The molecule has 1 rings (SSSR count). The van der Waals surface area contributed by atoms with Gasteiger partial charge in [-0.15, -0.1) is 0 Å². The van der Waals surface area contributed by atoms with Gasteiger partial charge in [-0.25, -0.2) is 4.79 Å². The predicted molar refractivity (Wildman–Crippen MR) is 50.2 cm³/mol. The summed E-state index contributed by atoms with van der Waals surface area (Å²) in [6.45, 7) is 1.63. The normalized spacial score (nSPS) is 11.7. The lowest BCUT2D eigenvalue weighted by molar-refractivity contribution is -0.132. The van der Waals surface area contributed by atoms with Gasteiger partial charge in [-0.2, -0.15) is 16.6 Å². The fourth-order valence-corrected chi connectivity index (χ4v) is 1.62. The van der Waals surface area contributed by atoms with Crippen LogP contribution in [-0.4, -0.2) is 11.1 Å². The molecular formula is C9H7NO2S. The maximum atomic E-state index is 10.6. The van der Waals surface area contributed by atoms with Crippen LogP contribution in [0.25, 0.3) is 5.57 Å². The second-order valence-corrected chi connectivity index (χ2v) is 3.21. The maximum Gasteiger partial charge on any atom is 0.346 e. The molecule has 0 aliphatic heterocycles. The van der Waals surface area contributed by atoms with Gasteiger partial charge in [-0.1, -0.05) is 0 Å². The Kier molecular flexibility index (Phi) is 2.83. The van der Waals surface area contributed by atoms with Crippen molar-refractivity contribution in [2.75, 3.05) is 0 Å². The van der Waals surface area contributed by atoms with E-state index >= 15 is 0 Å². The van der Waals surface area contributed by atoms with Crippen molar-refractivity contribution in [1.82, 2.24) is 0 Å². The van der Waals surface area contributed by atoms with Crippen molar-refractivity contribution < 1.29 is 9.90 Å². The molecule has 13 heavy (non-hydrogen) atoms. The molecule has 0 bridgehead atoms. The second-order valence-electron chi connectivity index (χ2n) is 2.43. The van der Waals surface area contributed by atoms with Gasteiger partial charge >= 0.3 is 5.97 Å². The van der Waals surface area contributed by atoms with E-state index in [1.807, 2.05) is 10.8 Å². The zero-order valence-corrected chi connectivity index (χ0v) is 7.76. The number of nitrogens with zero attached hydrogens (tertiary/aromatic N) is 1. The molecule has 0 aliphatic rings. The number of nitriles is 1. The number of carbonyl (C=O) groups is 1. The minimum absolute atomic E-state index is 0.196. The van der Waals surface area contributed by atoms with Crippen molar-refractivity contribution in [2.45, 2.75) is 6.92 Å². The topological polar surface area (TPSA) is 61.1 Å². The Morgan fingerprint density at radius 1 is 1.69 bits per heavy atom. The molecule has 4 heteroatoms.